The Morgan fingerprint density at radius 3 is 2.58 bits per heavy atom. The first-order valence-corrected chi connectivity index (χ1v) is 8.70. The SMILES string of the molecule is Cc1cccc(OCCN(C)CC(=O)N(CCC#N)c2ccccc2)c1. The lowest BCUT2D eigenvalue weighted by atomic mass is 10.2. The van der Waals surface area contributed by atoms with Gasteiger partial charge in [-0.05, 0) is 43.8 Å². The van der Waals surface area contributed by atoms with Crippen LogP contribution in [-0.2, 0) is 4.79 Å². The number of hydrogen-bond donors (Lipinski definition) is 0. The lowest BCUT2D eigenvalue weighted by Gasteiger charge is -2.25. The van der Waals surface area contributed by atoms with Crippen LogP contribution < -0.4 is 9.64 Å². The molecule has 0 saturated heterocycles. The molecule has 0 radical (unpaired) electrons. The molecule has 0 atom stereocenters. The van der Waals surface area contributed by atoms with E-state index in [0.29, 0.717) is 26.1 Å². The van der Waals surface area contributed by atoms with Crippen molar-refractivity contribution >= 4 is 11.6 Å². The summed E-state index contributed by atoms with van der Waals surface area (Å²) in [5.41, 5.74) is 1.97. The smallest absolute Gasteiger partial charge is 0.241 e. The van der Waals surface area contributed by atoms with Crippen molar-refractivity contribution in [3.8, 4) is 11.8 Å². The Morgan fingerprint density at radius 2 is 1.88 bits per heavy atom. The normalized spacial score (nSPS) is 10.4. The van der Waals surface area contributed by atoms with Gasteiger partial charge >= 0.3 is 0 Å². The number of carbonyl (C=O) groups is 1. The minimum absolute atomic E-state index is 0.0236. The van der Waals surface area contributed by atoms with Crippen LogP contribution in [0.25, 0.3) is 0 Å². The van der Waals surface area contributed by atoms with Gasteiger partial charge in [0.25, 0.3) is 0 Å². The van der Waals surface area contributed by atoms with Gasteiger partial charge in [-0.2, -0.15) is 5.26 Å². The van der Waals surface area contributed by atoms with Gasteiger partial charge in [-0.15, -0.1) is 0 Å². The Kier molecular flexibility index (Phi) is 7.66. The molecule has 0 aliphatic heterocycles. The summed E-state index contributed by atoms with van der Waals surface area (Å²) in [4.78, 5) is 16.3. The molecule has 0 fully saturated rings. The van der Waals surface area contributed by atoms with Crippen molar-refractivity contribution in [2.24, 2.45) is 0 Å². The molecule has 0 aromatic heterocycles. The number of para-hydroxylation sites is 1. The summed E-state index contributed by atoms with van der Waals surface area (Å²) >= 11 is 0. The molecule has 0 spiro atoms. The molecule has 2 aromatic carbocycles. The van der Waals surface area contributed by atoms with Crippen LogP contribution in [0.1, 0.15) is 12.0 Å². The lowest BCUT2D eigenvalue weighted by molar-refractivity contribution is -0.119. The van der Waals surface area contributed by atoms with Crippen molar-refractivity contribution in [1.29, 1.82) is 5.26 Å². The Labute approximate surface area is 155 Å². The largest absolute Gasteiger partial charge is 0.492 e. The predicted molar refractivity (Wildman–Crippen MR) is 103 cm³/mol. The Bertz CT molecular complexity index is 740. The summed E-state index contributed by atoms with van der Waals surface area (Å²) in [6, 6.07) is 19.5. The molecule has 1 amide bonds. The number of carbonyl (C=O) groups excluding carboxylic acids is 1. The first kappa shape index (κ1) is 19.5. The predicted octanol–water partition coefficient (Wildman–Crippen LogP) is 3.25. The molecular weight excluding hydrogens is 326 g/mol. The van der Waals surface area contributed by atoms with E-state index in [1.54, 1.807) is 4.90 Å². The van der Waals surface area contributed by atoms with Crippen molar-refractivity contribution in [1.82, 2.24) is 4.90 Å². The van der Waals surface area contributed by atoms with Crippen molar-refractivity contribution in [2.45, 2.75) is 13.3 Å². The van der Waals surface area contributed by atoms with Gasteiger partial charge in [-0.3, -0.25) is 9.69 Å². The maximum Gasteiger partial charge on any atom is 0.241 e. The first-order chi connectivity index (χ1) is 12.6. The highest BCUT2D eigenvalue weighted by molar-refractivity contribution is 5.94. The van der Waals surface area contributed by atoms with E-state index < -0.39 is 0 Å². The van der Waals surface area contributed by atoms with Crippen LogP contribution in [0, 0.1) is 18.3 Å². The third kappa shape index (κ3) is 6.23. The second-order valence-corrected chi connectivity index (χ2v) is 6.19. The molecule has 0 heterocycles. The lowest BCUT2D eigenvalue weighted by Crippen LogP contribution is -2.40. The number of aryl methyl sites for hydroxylation is 1. The van der Waals surface area contributed by atoms with E-state index >= 15 is 0 Å². The Balaban J connectivity index is 1.86. The monoisotopic (exact) mass is 351 g/mol. The van der Waals surface area contributed by atoms with E-state index in [2.05, 4.69) is 6.07 Å². The van der Waals surface area contributed by atoms with Gasteiger partial charge in [-0.25, -0.2) is 0 Å². The number of likely N-dealkylation sites (N-methyl/N-ethyl adjacent to an activating group) is 1. The van der Waals surface area contributed by atoms with Crippen LogP contribution in [0.3, 0.4) is 0 Å². The number of benzene rings is 2. The average molecular weight is 351 g/mol. The van der Waals surface area contributed by atoms with Gasteiger partial charge in [0.05, 0.1) is 19.0 Å². The minimum atomic E-state index is -0.0236. The van der Waals surface area contributed by atoms with Gasteiger partial charge in [0, 0.05) is 18.8 Å². The summed E-state index contributed by atoms with van der Waals surface area (Å²) in [6.07, 6.45) is 0.306. The van der Waals surface area contributed by atoms with E-state index in [4.69, 9.17) is 10.00 Å². The topological polar surface area (TPSA) is 56.6 Å². The fourth-order valence-electron chi connectivity index (χ4n) is 2.59. The molecule has 0 aliphatic carbocycles. The quantitative estimate of drug-likeness (QED) is 0.696. The van der Waals surface area contributed by atoms with Crippen LogP contribution in [0.4, 0.5) is 5.69 Å². The van der Waals surface area contributed by atoms with Crippen molar-refractivity contribution < 1.29 is 9.53 Å². The van der Waals surface area contributed by atoms with Crippen molar-refractivity contribution in [3.63, 3.8) is 0 Å². The summed E-state index contributed by atoms with van der Waals surface area (Å²) in [7, 11) is 1.89. The number of anilines is 1. The molecule has 0 saturated carbocycles. The molecule has 136 valence electrons. The maximum atomic E-state index is 12.7. The molecule has 0 bridgehead atoms. The highest BCUT2D eigenvalue weighted by Crippen LogP contribution is 2.15. The zero-order valence-corrected chi connectivity index (χ0v) is 15.4. The minimum Gasteiger partial charge on any atom is -0.492 e. The second-order valence-electron chi connectivity index (χ2n) is 6.19. The van der Waals surface area contributed by atoms with Crippen molar-refractivity contribution in [3.05, 3.63) is 60.2 Å². The molecule has 0 aliphatic rings. The van der Waals surface area contributed by atoms with E-state index in [9.17, 15) is 4.79 Å². The van der Waals surface area contributed by atoms with E-state index in [-0.39, 0.29) is 12.5 Å². The van der Waals surface area contributed by atoms with E-state index in [0.717, 1.165) is 17.0 Å². The standard InChI is InChI=1S/C21H25N3O2/c1-18-8-6-11-20(16-18)26-15-14-23(2)17-21(25)24(13-7-12-22)19-9-4-3-5-10-19/h3-6,8-11,16H,7,13-15,17H2,1-2H3. The van der Waals surface area contributed by atoms with Crippen LogP contribution in [0.5, 0.6) is 5.75 Å². The maximum absolute atomic E-state index is 12.7. The number of hydrogen-bond acceptors (Lipinski definition) is 4. The average Bonchev–Trinajstić information content (AvgIpc) is 2.63. The third-order valence-corrected chi connectivity index (χ3v) is 3.95. The Morgan fingerprint density at radius 1 is 1.12 bits per heavy atom. The summed E-state index contributed by atoms with van der Waals surface area (Å²) in [5, 5.41) is 8.85. The fraction of sp³-hybridized carbons (Fsp3) is 0.333. The highest BCUT2D eigenvalue weighted by Gasteiger charge is 2.17. The van der Waals surface area contributed by atoms with E-state index in [1.807, 2.05) is 73.5 Å². The summed E-state index contributed by atoms with van der Waals surface area (Å²) in [6.45, 7) is 3.85. The second kappa shape index (κ2) is 10.2. The third-order valence-electron chi connectivity index (χ3n) is 3.95. The zero-order chi connectivity index (χ0) is 18.8. The summed E-state index contributed by atoms with van der Waals surface area (Å²) < 4.78 is 5.74. The Hall–Kier alpha value is -2.84. The molecule has 2 aromatic rings. The molecule has 2 rings (SSSR count). The molecule has 5 heteroatoms. The number of nitrogens with zero attached hydrogens (tertiary/aromatic N) is 3. The zero-order valence-electron chi connectivity index (χ0n) is 15.4. The molecule has 0 N–H and O–H groups in total. The van der Waals surface area contributed by atoms with Gasteiger partial charge in [0.1, 0.15) is 12.4 Å². The van der Waals surface area contributed by atoms with Gasteiger partial charge in [0.2, 0.25) is 5.91 Å². The van der Waals surface area contributed by atoms with Crippen LogP contribution in [0.15, 0.2) is 54.6 Å². The van der Waals surface area contributed by atoms with Gasteiger partial charge in [0.15, 0.2) is 0 Å². The number of ether oxygens (including phenoxy) is 1. The van der Waals surface area contributed by atoms with Crippen LogP contribution in [0.2, 0.25) is 0 Å². The fourth-order valence-corrected chi connectivity index (χ4v) is 2.59. The van der Waals surface area contributed by atoms with Crippen LogP contribution >= 0.6 is 0 Å². The van der Waals surface area contributed by atoms with Crippen LogP contribution in [-0.4, -0.2) is 44.1 Å². The van der Waals surface area contributed by atoms with Gasteiger partial charge in [-0.1, -0.05) is 30.3 Å². The molecule has 5 nitrogen and oxygen atoms in total. The highest BCUT2D eigenvalue weighted by atomic mass is 16.5. The van der Waals surface area contributed by atoms with Crippen molar-refractivity contribution in [2.75, 3.05) is 38.2 Å². The molecule has 0 unspecified atom stereocenters. The number of nitriles is 1. The summed E-state index contributed by atoms with van der Waals surface area (Å²) in [5.74, 6) is 0.814. The van der Waals surface area contributed by atoms with E-state index in [1.165, 1.54) is 0 Å². The molecule has 26 heavy (non-hydrogen) atoms. The van der Waals surface area contributed by atoms with Gasteiger partial charge < -0.3 is 9.64 Å². The first-order valence-electron chi connectivity index (χ1n) is 8.70. The molecular formula is C21H25N3O2. The number of amides is 1. The number of rotatable bonds is 9.